The lowest BCUT2D eigenvalue weighted by Gasteiger charge is -2.15. The summed E-state index contributed by atoms with van der Waals surface area (Å²) in [6.45, 7) is 3.03. The molecule has 0 aliphatic rings. The van der Waals surface area contributed by atoms with Crippen LogP contribution in [0.2, 0.25) is 5.02 Å². The van der Waals surface area contributed by atoms with Gasteiger partial charge in [-0.2, -0.15) is 0 Å². The predicted molar refractivity (Wildman–Crippen MR) is 105 cm³/mol. The predicted octanol–water partition coefficient (Wildman–Crippen LogP) is 6.23. The number of aryl methyl sites for hydroxylation is 1. The van der Waals surface area contributed by atoms with Gasteiger partial charge in [0.1, 0.15) is 18.2 Å². The van der Waals surface area contributed by atoms with Crippen molar-refractivity contribution in [2.75, 3.05) is 5.32 Å². The minimum absolute atomic E-state index is 0.264. The molecule has 0 spiro atoms. The normalized spacial score (nSPS) is 10.6. The topological polar surface area (TPSA) is 21.3 Å². The smallest absolute Gasteiger partial charge is 0.124 e. The van der Waals surface area contributed by atoms with Crippen LogP contribution in [-0.4, -0.2) is 0 Å². The highest BCUT2D eigenvalue weighted by atomic mass is 35.5. The molecular formula is C22H21ClFNO. The van der Waals surface area contributed by atoms with Crippen molar-refractivity contribution in [2.45, 2.75) is 26.5 Å². The van der Waals surface area contributed by atoms with Gasteiger partial charge < -0.3 is 10.1 Å². The Bertz CT molecular complexity index is 882. The van der Waals surface area contributed by atoms with Crippen molar-refractivity contribution in [1.82, 2.24) is 0 Å². The fourth-order valence-electron chi connectivity index (χ4n) is 2.81. The van der Waals surface area contributed by atoms with Gasteiger partial charge in [-0.25, -0.2) is 4.39 Å². The fraction of sp³-hybridized carbons (Fsp3) is 0.182. The maximum atomic E-state index is 13.3. The van der Waals surface area contributed by atoms with Gasteiger partial charge in [-0.15, -0.1) is 0 Å². The highest BCUT2D eigenvalue weighted by molar-refractivity contribution is 6.30. The van der Waals surface area contributed by atoms with Gasteiger partial charge in [0.15, 0.2) is 0 Å². The third kappa shape index (κ3) is 4.77. The molecule has 0 radical (unpaired) electrons. The highest BCUT2D eigenvalue weighted by Crippen LogP contribution is 2.26. The summed E-state index contributed by atoms with van der Waals surface area (Å²) in [4.78, 5) is 0. The molecule has 1 N–H and O–H groups in total. The van der Waals surface area contributed by atoms with Crippen molar-refractivity contribution in [2.24, 2.45) is 0 Å². The zero-order valence-corrected chi connectivity index (χ0v) is 15.4. The Balaban J connectivity index is 1.73. The second-order valence-electron chi connectivity index (χ2n) is 6.03. The minimum Gasteiger partial charge on any atom is -0.489 e. The summed E-state index contributed by atoms with van der Waals surface area (Å²) in [6.07, 6.45) is 0.960. The lowest BCUT2D eigenvalue weighted by molar-refractivity contribution is 0.302. The van der Waals surface area contributed by atoms with Gasteiger partial charge in [-0.05, 0) is 53.9 Å². The molecule has 0 bridgehead atoms. The molecule has 0 aliphatic carbocycles. The first-order chi connectivity index (χ1) is 12.7. The number of nitrogens with one attached hydrogen (secondary N) is 1. The quantitative estimate of drug-likeness (QED) is 0.532. The molecule has 26 heavy (non-hydrogen) atoms. The van der Waals surface area contributed by atoms with Crippen molar-refractivity contribution >= 4 is 17.3 Å². The molecule has 0 aliphatic heterocycles. The summed E-state index contributed by atoms with van der Waals surface area (Å²) in [5.41, 5.74) is 4.11. The number of anilines is 1. The molecule has 134 valence electrons. The highest BCUT2D eigenvalue weighted by Gasteiger charge is 2.07. The fourth-order valence-corrected chi connectivity index (χ4v) is 3.00. The molecule has 0 amide bonds. The van der Waals surface area contributed by atoms with Crippen LogP contribution in [0, 0.1) is 5.82 Å². The second kappa shape index (κ2) is 8.72. The van der Waals surface area contributed by atoms with E-state index in [0.29, 0.717) is 18.2 Å². The maximum absolute atomic E-state index is 13.3. The van der Waals surface area contributed by atoms with Crippen LogP contribution >= 0.6 is 11.6 Å². The Morgan fingerprint density at radius 1 is 0.962 bits per heavy atom. The molecule has 0 saturated heterocycles. The summed E-state index contributed by atoms with van der Waals surface area (Å²) in [5.74, 6) is 0.473. The largest absolute Gasteiger partial charge is 0.489 e. The van der Waals surface area contributed by atoms with Gasteiger partial charge in [0.2, 0.25) is 0 Å². The molecule has 3 aromatic carbocycles. The average molecular weight is 370 g/mol. The van der Waals surface area contributed by atoms with Gasteiger partial charge in [-0.3, -0.25) is 0 Å². The van der Waals surface area contributed by atoms with Crippen molar-refractivity contribution in [3.63, 3.8) is 0 Å². The second-order valence-corrected chi connectivity index (χ2v) is 6.47. The van der Waals surface area contributed by atoms with Crippen molar-refractivity contribution in [3.8, 4) is 5.75 Å². The molecule has 0 aromatic heterocycles. The first kappa shape index (κ1) is 18.3. The van der Waals surface area contributed by atoms with Gasteiger partial charge >= 0.3 is 0 Å². The summed E-state index contributed by atoms with van der Waals surface area (Å²) >= 11 is 6.16. The number of hydrogen-bond donors (Lipinski definition) is 1. The Morgan fingerprint density at radius 3 is 2.62 bits per heavy atom. The van der Waals surface area contributed by atoms with Crippen LogP contribution in [0.25, 0.3) is 0 Å². The third-order valence-corrected chi connectivity index (χ3v) is 4.41. The van der Waals surface area contributed by atoms with Crippen molar-refractivity contribution in [1.29, 1.82) is 0 Å². The van der Waals surface area contributed by atoms with E-state index in [1.54, 1.807) is 12.1 Å². The van der Waals surface area contributed by atoms with Gasteiger partial charge in [0.25, 0.3) is 0 Å². The molecule has 0 atom stereocenters. The van der Waals surface area contributed by atoms with E-state index in [1.165, 1.54) is 17.7 Å². The van der Waals surface area contributed by atoms with E-state index in [9.17, 15) is 4.39 Å². The molecule has 0 fully saturated rings. The van der Waals surface area contributed by atoms with E-state index in [0.717, 1.165) is 29.0 Å². The van der Waals surface area contributed by atoms with E-state index >= 15 is 0 Å². The Labute approximate surface area is 158 Å². The number of halogens is 2. The minimum atomic E-state index is -0.264. The monoisotopic (exact) mass is 369 g/mol. The van der Waals surface area contributed by atoms with Crippen LogP contribution in [0.1, 0.15) is 23.6 Å². The van der Waals surface area contributed by atoms with Crippen LogP contribution in [0.15, 0.2) is 66.7 Å². The molecule has 4 heteroatoms. The first-order valence-electron chi connectivity index (χ1n) is 8.63. The van der Waals surface area contributed by atoms with E-state index in [4.69, 9.17) is 16.3 Å². The number of ether oxygens (including phenoxy) is 1. The number of benzene rings is 3. The zero-order valence-electron chi connectivity index (χ0n) is 14.6. The summed E-state index contributed by atoms with van der Waals surface area (Å²) in [6, 6.07) is 20.2. The molecule has 3 rings (SSSR count). The molecule has 0 unspecified atom stereocenters. The van der Waals surface area contributed by atoms with E-state index in [1.807, 2.05) is 30.3 Å². The van der Waals surface area contributed by atoms with Crippen LogP contribution in [0.5, 0.6) is 5.75 Å². The molecule has 3 aromatic rings. The first-order valence-corrected chi connectivity index (χ1v) is 9.01. The SMILES string of the molecule is CCc1ccccc1NCc1cc(Cl)ccc1OCc1cccc(F)c1. The van der Waals surface area contributed by atoms with E-state index < -0.39 is 0 Å². The van der Waals surface area contributed by atoms with Gasteiger partial charge in [0, 0.05) is 22.8 Å². The molecular weight excluding hydrogens is 349 g/mol. The van der Waals surface area contributed by atoms with E-state index in [2.05, 4.69) is 24.4 Å². The Hall–Kier alpha value is -2.52. The third-order valence-electron chi connectivity index (χ3n) is 4.17. The zero-order chi connectivity index (χ0) is 18.4. The number of para-hydroxylation sites is 1. The van der Waals surface area contributed by atoms with Gasteiger partial charge in [-0.1, -0.05) is 48.9 Å². The summed E-state index contributed by atoms with van der Waals surface area (Å²) < 4.78 is 19.2. The summed E-state index contributed by atoms with van der Waals surface area (Å²) in [7, 11) is 0. The van der Waals surface area contributed by atoms with Crippen molar-refractivity contribution in [3.05, 3.63) is 94.3 Å². The average Bonchev–Trinajstić information content (AvgIpc) is 2.66. The van der Waals surface area contributed by atoms with Crippen LogP contribution in [0.4, 0.5) is 10.1 Å². The standard InChI is InChI=1S/C22H21ClFNO/c1-2-17-7-3-4-9-21(17)25-14-18-13-19(23)10-11-22(18)26-15-16-6-5-8-20(24)12-16/h3-13,25H,2,14-15H2,1H3. The molecule has 0 heterocycles. The van der Waals surface area contributed by atoms with E-state index in [-0.39, 0.29) is 5.82 Å². The van der Waals surface area contributed by atoms with Crippen LogP contribution in [0.3, 0.4) is 0 Å². The molecule has 2 nitrogen and oxygen atoms in total. The lowest BCUT2D eigenvalue weighted by atomic mass is 10.1. The van der Waals surface area contributed by atoms with Crippen LogP contribution < -0.4 is 10.1 Å². The Morgan fingerprint density at radius 2 is 1.81 bits per heavy atom. The number of hydrogen-bond acceptors (Lipinski definition) is 2. The van der Waals surface area contributed by atoms with Crippen LogP contribution in [-0.2, 0) is 19.6 Å². The van der Waals surface area contributed by atoms with Crippen molar-refractivity contribution < 1.29 is 9.13 Å². The number of rotatable bonds is 7. The molecule has 0 saturated carbocycles. The van der Waals surface area contributed by atoms with Gasteiger partial charge in [0.05, 0.1) is 0 Å². The summed E-state index contributed by atoms with van der Waals surface area (Å²) in [5, 5.41) is 4.11. The Kier molecular flexibility index (Phi) is 6.13. The lowest BCUT2D eigenvalue weighted by Crippen LogP contribution is -2.05. The maximum Gasteiger partial charge on any atom is 0.124 e.